The molecule has 0 spiro atoms. The van der Waals surface area contributed by atoms with E-state index in [9.17, 15) is 8.42 Å². The summed E-state index contributed by atoms with van der Waals surface area (Å²) in [6.45, 7) is 6.74. The quantitative estimate of drug-likeness (QED) is 0.625. The van der Waals surface area contributed by atoms with E-state index in [-0.39, 0.29) is 0 Å². The molecule has 0 radical (unpaired) electrons. The van der Waals surface area contributed by atoms with Crippen LogP contribution < -0.4 is 0 Å². The van der Waals surface area contributed by atoms with E-state index in [4.69, 9.17) is 9.97 Å². The van der Waals surface area contributed by atoms with Gasteiger partial charge in [-0.25, -0.2) is 18.4 Å². The van der Waals surface area contributed by atoms with Gasteiger partial charge in [0.1, 0.15) is 5.82 Å². The van der Waals surface area contributed by atoms with Crippen LogP contribution in [-0.2, 0) is 29.3 Å². The Morgan fingerprint density at radius 1 is 1.07 bits per heavy atom. The second-order valence-electron chi connectivity index (χ2n) is 8.13. The maximum Gasteiger partial charge on any atom is 0.175 e. The molecule has 3 aromatic rings. The normalized spacial score (nSPS) is 14.7. The van der Waals surface area contributed by atoms with E-state index in [2.05, 4.69) is 23.7 Å². The van der Waals surface area contributed by atoms with Crippen molar-refractivity contribution in [3.63, 3.8) is 0 Å². The van der Waals surface area contributed by atoms with E-state index in [0.717, 1.165) is 54.5 Å². The number of rotatable bonds is 5. The summed E-state index contributed by atoms with van der Waals surface area (Å²) in [5.74, 6) is 1.25. The molecule has 2 aromatic heterocycles. The van der Waals surface area contributed by atoms with Gasteiger partial charge in [0.15, 0.2) is 9.84 Å². The molecule has 1 aliphatic rings. The summed E-state index contributed by atoms with van der Waals surface area (Å²) >= 11 is 0. The predicted octanol–water partition coefficient (Wildman–Crippen LogP) is 3.62. The van der Waals surface area contributed by atoms with Crippen LogP contribution in [0, 0.1) is 0 Å². The Balaban J connectivity index is 1.49. The average Bonchev–Trinajstić information content (AvgIpc) is 2.73. The molecular weight excluding hydrogens is 396 g/mol. The molecule has 30 heavy (non-hydrogen) atoms. The van der Waals surface area contributed by atoms with E-state index in [0.29, 0.717) is 10.8 Å². The van der Waals surface area contributed by atoms with E-state index in [1.807, 2.05) is 36.5 Å². The monoisotopic (exact) mass is 422 g/mol. The first-order chi connectivity index (χ1) is 14.3. The van der Waals surface area contributed by atoms with Gasteiger partial charge < -0.3 is 0 Å². The fourth-order valence-corrected chi connectivity index (χ4v) is 4.26. The van der Waals surface area contributed by atoms with Crippen molar-refractivity contribution >= 4 is 9.84 Å². The molecule has 3 heterocycles. The molecule has 0 fully saturated rings. The topological polar surface area (TPSA) is 76.1 Å². The van der Waals surface area contributed by atoms with Crippen LogP contribution in [0.15, 0.2) is 53.6 Å². The van der Waals surface area contributed by atoms with E-state index in [1.165, 1.54) is 11.8 Å². The van der Waals surface area contributed by atoms with Crippen LogP contribution in [0.3, 0.4) is 0 Å². The molecule has 0 bridgehead atoms. The van der Waals surface area contributed by atoms with Crippen molar-refractivity contribution in [1.29, 1.82) is 0 Å². The first-order valence-corrected chi connectivity index (χ1v) is 12.0. The lowest BCUT2D eigenvalue weighted by molar-refractivity contribution is 0.239. The first-order valence-electron chi connectivity index (χ1n) is 10.1. The number of benzene rings is 1. The Morgan fingerprint density at radius 2 is 1.83 bits per heavy atom. The van der Waals surface area contributed by atoms with Crippen molar-refractivity contribution < 1.29 is 8.42 Å². The third-order valence-corrected chi connectivity index (χ3v) is 6.45. The van der Waals surface area contributed by atoms with Gasteiger partial charge in [-0.1, -0.05) is 32.0 Å². The van der Waals surface area contributed by atoms with Gasteiger partial charge in [-0.05, 0) is 24.3 Å². The van der Waals surface area contributed by atoms with E-state index >= 15 is 0 Å². The number of sulfone groups is 1. The van der Waals surface area contributed by atoms with Crippen LogP contribution in [-0.4, -0.2) is 41.1 Å². The largest absolute Gasteiger partial charge is 0.293 e. The zero-order valence-electron chi connectivity index (χ0n) is 17.5. The summed E-state index contributed by atoms with van der Waals surface area (Å²) in [6, 6.07) is 12.9. The highest BCUT2D eigenvalue weighted by Gasteiger charge is 2.19. The molecule has 0 N–H and O–H groups in total. The second-order valence-corrected chi connectivity index (χ2v) is 10.1. The summed E-state index contributed by atoms with van der Waals surface area (Å²) in [7, 11) is -3.20. The summed E-state index contributed by atoms with van der Waals surface area (Å²) < 4.78 is 23.3. The second kappa shape index (κ2) is 8.24. The van der Waals surface area contributed by atoms with Crippen LogP contribution in [0.1, 0.15) is 42.5 Å². The Kier molecular flexibility index (Phi) is 5.66. The zero-order chi connectivity index (χ0) is 21.3. The summed E-state index contributed by atoms with van der Waals surface area (Å²) in [5.41, 5.74) is 5.09. The molecule has 4 rings (SSSR count). The summed E-state index contributed by atoms with van der Waals surface area (Å²) in [6.07, 6.45) is 4.10. The number of hydrogen-bond acceptors (Lipinski definition) is 6. The van der Waals surface area contributed by atoms with Crippen molar-refractivity contribution in [1.82, 2.24) is 19.9 Å². The van der Waals surface area contributed by atoms with Gasteiger partial charge >= 0.3 is 0 Å². The Morgan fingerprint density at radius 3 is 2.53 bits per heavy atom. The van der Waals surface area contributed by atoms with Crippen molar-refractivity contribution in [2.45, 2.75) is 44.2 Å². The van der Waals surface area contributed by atoms with E-state index in [1.54, 1.807) is 12.1 Å². The predicted molar refractivity (Wildman–Crippen MR) is 117 cm³/mol. The van der Waals surface area contributed by atoms with Gasteiger partial charge in [0.25, 0.3) is 0 Å². The Hall–Kier alpha value is -2.64. The van der Waals surface area contributed by atoms with Gasteiger partial charge in [-0.3, -0.25) is 9.88 Å². The molecule has 1 aromatic carbocycles. The lowest BCUT2D eigenvalue weighted by Gasteiger charge is -2.28. The highest BCUT2D eigenvalue weighted by atomic mass is 32.2. The van der Waals surface area contributed by atoms with Crippen molar-refractivity contribution in [3.05, 3.63) is 71.4 Å². The number of pyridine rings is 1. The zero-order valence-corrected chi connectivity index (χ0v) is 18.4. The number of aromatic nitrogens is 3. The SMILES string of the molecule is CC(C)c1ncc2c(n1)CCN(Cc1cccc(-c3ccc(S(C)(=O)=O)cc3)n1)C2. The molecule has 1 aliphatic heterocycles. The average molecular weight is 423 g/mol. The molecule has 7 heteroatoms. The summed E-state index contributed by atoms with van der Waals surface area (Å²) in [4.78, 5) is 16.7. The van der Waals surface area contributed by atoms with Gasteiger partial charge in [0, 0.05) is 61.2 Å². The van der Waals surface area contributed by atoms with Gasteiger partial charge in [-0.15, -0.1) is 0 Å². The Bertz CT molecular complexity index is 1160. The first kappa shape index (κ1) is 20.6. The van der Waals surface area contributed by atoms with Crippen LogP contribution in [0.2, 0.25) is 0 Å². The van der Waals surface area contributed by atoms with Crippen LogP contribution in [0.5, 0.6) is 0 Å². The maximum absolute atomic E-state index is 11.7. The third kappa shape index (κ3) is 4.57. The molecular formula is C23H26N4O2S. The fourth-order valence-electron chi connectivity index (χ4n) is 3.63. The van der Waals surface area contributed by atoms with Gasteiger partial charge in [0.2, 0.25) is 0 Å². The molecule has 0 saturated carbocycles. The van der Waals surface area contributed by atoms with Crippen molar-refractivity contribution in [2.75, 3.05) is 12.8 Å². The van der Waals surface area contributed by atoms with Crippen molar-refractivity contribution in [2.24, 2.45) is 0 Å². The van der Waals surface area contributed by atoms with Crippen LogP contribution >= 0.6 is 0 Å². The molecule has 0 atom stereocenters. The highest BCUT2D eigenvalue weighted by molar-refractivity contribution is 7.90. The van der Waals surface area contributed by atoms with E-state index < -0.39 is 9.84 Å². The number of hydrogen-bond donors (Lipinski definition) is 0. The molecule has 0 saturated heterocycles. The molecule has 156 valence electrons. The lowest BCUT2D eigenvalue weighted by Crippen LogP contribution is -2.31. The molecule has 0 amide bonds. The Labute approximate surface area is 178 Å². The van der Waals surface area contributed by atoms with Gasteiger partial charge in [-0.2, -0.15) is 0 Å². The fraction of sp³-hybridized carbons (Fsp3) is 0.348. The number of fused-ring (bicyclic) bond motifs is 1. The minimum absolute atomic E-state index is 0.317. The molecule has 6 nitrogen and oxygen atoms in total. The van der Waals surface area contributed by atoms with Crippen LogP contribution in [0.25, 0.3) is 11.3 Å². The minimum Gasteiger partial charge on any atom is -0.293 e. The molecule has 0 unspecified atom stereocenters. The minimum atomic E-state index is -3.20. The standard InChI is InChI=1S/C23H26N4O2S/c1-16(2)23-24-13-18-14-27(12-11-22(18)26-23)15-19-5-4-6-21(25-19)17-7-9-20(10-8-17)30(3,28)29/h4-10,13,16H,11-12,14-15H2,1-3H3. The van der Waals surface area contributed by atoms with Gasteiger partial charge in [0.05, 0.1) is 16.3 Å². The number of nitrogens with zero attached hydrogens (tertiary/aromatic N) is 4. The smallest absolute Gasteiger partial charge is 0.175 e. The van der Waals surface area contributed by atoms with Crippen molar-refractivity contribution in [3.8, 4) is 11.3 Å². The maximum atomic E-state index is 11.7. The lowest BCUT2D eigenvalue weighted by atomic mass is 10.1. The summed E-state index contributed by atoms with van der Waals surface area (Å²) in [5, 5.41) is 0. The third-order valence-electron chi connectivity index (χ3n) is 5.32. The highest BCUT2D eigenvalue weighted by Crippen LogP contribution is 2.23. The molecule has 0 aliphatic carbocycles. The van der Waals surface area contributed by atoms with Crippen LogP contribution in [0.4, 0.5) is 0 Å².